The molecule has 5 heteroatoms. The molecule has 0 spiro atoms. The van der Waals surface area contributed by atoms with Crippen LogP contribution in [-0.4, -0.2) is 19.7 Å². The molecule has 0 bridgehead atoms. The number of aryl methyl sites for hydroxylation is 2. The second-order valence-electron chi connectivity index (χ2n) is 6.72. The van der Waals surface area contributed by atoms with Crippen molar-refractivity contribution in [2.75, 3.05) is 0 Å². The van der Waals surface area contributed by atoms with Crippen LogP contribution in [0, 0.1) is 13.8 Å². The zero-order chi connectivity index (χ0) is 19.1. The van der Waals surface area contributed by atoms with E-state index in [1.54, 1.807) is 6.33 Å². The molecule has 0 unspecified atom stereocenters. The van der Waals surface area contributed by atoms with E-state index in [9.17, 15) is 0 Å². The third-order valence-corrected chi connectivity index (χ3v) is 4.85. The van der Waals surface area contributed by atoms with Crippen molar-refractivity contribution in [3.8, 4) is 28.2 Å². The van der Waals surface area contributed by atoms with Gasteiger partial charge in [0.15, 0.2) is 17.3 Å². The van der Waals surface area contributed by atoms with Crippen LogP contribution < -0.4 is 0 Å². The molecular weight excluding hydrogens is 348 g/mol. The van der Waals surface area contributed by atoms with Crippen molar-refractivity contribution >= 4 is 11.1 Å². The van der Waals surface area contributed by atoms with Gasteiger partial charge in [0.25, 0.3) is 0 Å². The second-order valence-corrected chi connectivity index (χ2v) is 6.72. The lowest BCUT2D eigenvalue weighted by molar-refractivity contribution is 0.561. The predicted molar refractivity (Wildman–Crippen MR) is 109 cm³/mol. The van der Waals surface area contributed by atoms with Gasteiger partial charge in [-0.15, -0.1) is 0 Å². The molecule has 0 saturated heterocycles. The third-order valence-electron chi connectivity index (χ3n) is 4.85. The quantitative estimate of drug-likeness (QED) is 0.431. The molecule has 0 fully saturated rings. The zero-order valence-electron chi connectivity index (χ0n) is 15.6. The molecule has 0 saturated carbocycles. The molecule has 0 amide bonds. The van der Waals surface area contributed by atoms with E-state index in [1.807, 2.05) is 48.0 Å². The molecule has 5 aromatic rings. The molecule has 2 aromatic heterocycles. The zero-order valence-corrected chi connectivity index (χ0v) is 15.6. The van der Waals surface area contributed by atoms with E-state index in [1.165, 1.54) is 0 Å². The maximum atomic E-state index is 5.70. The van der Waals surface area contributed by atoms with Crippen LogP contribution in [-0.2, 0) is 0 Å². The van der Waals surface area contributed by atoms with E-state index in [4.69, 9.17) is 4.42 Å². The smallest absolute Gasteiger partial charge is 0.192 e. The molecule has 136 valence electrons. The maximum absolute atomic E-state index is 5.70. The number of nitrogens with zero attached hydrogens (tertiary/aromatic N) is 4. The van der Waals surface area contributed by atoms with Crippen molar-refractivity contribution in [1.29, 1.82) is 0 Å². The summed E-state index contributed by atoms with van der Waals surface area (Å²) in [6.45, 7) is 3.94. The van der Waals surface area contributed by atoms with Gasteiger partial charge >= 0.3 is 0 Å². The summed E-state index contributed by atoms with van der Waals surface area (Å²) in [6, 6.07) is 22.5. The van der Waals surface area contributed by atoms with Crippen LogP contribution in [0.5, 0.6) is 0 Å². The van der Waals surface area contributed by atoms with E-state index in [2.05, 4.69) is 52.3 Å². The Labute approximate surface area is 162 Å². The Morgan fingerprint density at radius 2 is 1.61 bits per heavy atom. The van der Waals surface area contributed by atoms with Gasteiger partial charge in [-0.05, 0) is 30.2 Å². The fourth-order valence-electron chi connectivity index (χ4n) is 3.62. The Kier molecular flexibility index (Phi) is 3.79. The lowest BCUT2D eigenvalue weighted by atomic mass is 10.0. The van der Waals surface area contributed by atoms with Crippen molar-refractivity contribution in [3.05, 3.63) is 84.5 Å². The molecule has 5 rings (SSSR count). The Balaban J connectivity index is 1.77. The van der Waals surface area contributed by atoms with Gasteiger partial charge in [-0.25, -0.2) is 14.6 Å². The molecule has 0 atom stereocenters. The first kappa shape index (κ1) is 16.4. The molecule has 0 radical (unpaired) electrons. The summed E-state index contributed by atoms with van der Waals surface area (Å²) in [5.74, 6) is 1.37. The first-order valence-electron chi connectivity index (χ1n) is 9.14. The van der Waals surface area contributed by atoms with E-state index in [-0.39, 0.29) is 0 Å². The van der Waals surface area contributed by atoms with Crippen LogP contribution in [0.3, 0.4) is 0 Å². The number of oxazole rings is 1. The summed E-state index contributed by atoms with van der Waals surface area (Å²) >= 11 is 0. The van der Waals surface area contributed by atoms with E-state index in [0.717, 1.165) is 44.9 Å². The monoisotopic (exact) mass is 366 g/mol. The molecule has 0 aliphatic carbocycles. The van der Waals surface area contributed by atoms with Gasteiger partial charge in [0, 0.05) is 18.1 Å². The highest BCUT2D eigenvalue weighted by Crippen LogP contribution is 2.33. The van der Waals surface area contributed by atoms with Crippen LogP contribution in [0.4, 0.5) is 0 Å². The summed E-state index contributed by atoms with van der Waals surface area (Å²) in [6.07, 6.45) is 1.59. The largest absolute Gasteiger partial charge is 0.441 e. The predicted octanol–water partition coefficient (Wildman–Crippen LogP) is 5.36. The molecule has 0 aliphatic rings. The van der Waals surface area contributed by atoms with Crippen molar-refractivity contribution in [2.24, 2.45) is 0 Å². The van der Waals surface area contributed by atoms with Gasteiger partial charge in [-0.3, -0.25) is 0 Å². The Bertz CT molecular complexity index is 1280. The van der Waals surface area contributed by atoms with E-state index < -0.39 is 0 Å². The van der Waals surface area contributed by atoms with Crippen LogP contribution in [0.25, 0.3) is 39.3 Å². The lowest BCUT2D eigenvalue weighted by Gasteiger charge is -2.15. The topological polar surface area (TPSA) is 56.7 Å². The summed E-state index contributed by atoms with van der Waals surface area (Å²) in [5.41, 5.74) is 6.82. The molecule has 0 N–H and O–H groups in total. The number of hydrogen-bond acceptors (Lipinski definition) is 4. The molecule has 3 aromatic carbocycles. The number of hydrogen-bond donors (Lipinski definition) is 0. The second kappa shape index (κ2) is 6.46. The number of fused-ring (bicyclic) bond motifs is 1. The van der Waals surface area contributed by atoms with E-state index >= 15 is 0 Å². The number of para-hydroxylation sites is 2. The van der Waals surface area contributed by atoms with E-state index in [0.29, 0.717) is 5.89 Å². The minimum absolute atomic E-state index is 0.634. The first-order valence-corrected chi connectivity index (χ1v) is 9.14. The van der Waals surface area contributed by atoms with Crippen molar-refractivity contribution in [2.45, 2.75) is 13.8 Å². The number of benzene rings is 3. The van der Waals surface area contributed by atoms with Gasteiger partial charge in [0.05, 0.1) is 5.69 Å². The summed E-state index contributed by atoms with van der Waals surface area (Å²) in [7, 11) is 0. The highest BCUT2D eigenvalue weighted by atomic mass is 16.3. The Morgan fingerprint density at radius 1 is 0.821 bits per heavy atom. The summed E-state index contributed by atoms with van der Waals surface area (Å²) < 4.78 is 7.60. The van der Waals surface area contributed by atoms with Crippen LogP contribution in [0.1, 0.15) is 11.5 Å². The highest BCUT2D eigenvalue weighted by Gasteiger charge is 2.19. The molecule has 0 aliphatic heterocycles. The van der Waals surface area contributed by atoms with Crippen molar-refractivity contribution < 1.29 is 4.42 Å². The fraction of sp³-hybridized carbons (Fsp3) is 0.0870. The third kappa shape index (κ3) is 2.60. The number of aromatic nitrogens is 4. The van der Waals surface area contributed by atoms with Gasteiger partial charge in [0.1, 0.15) is 11.8 Å². The van der Waals surface area contributed by atoms with Crippen molar-refractivity contribution in [3.63, 3.8) is 0 Å². The normalized spacial score (nSPS) is 11.2. The first-order chi connectivity index (χ1) is 13.7. The number of rotatable bonds is 3. The minimum atomic E-state index is 0.634. The Hall–Kier alpha value is -3.73. The highest BCUT2D eigenvalue weighted by molar-refractivity contribution is 5.89. The Morgan fingerprint density at radius 3 is 2.46 bits per heavy atom. The van der Waals surface area contributed by atoms with Crippen LogP contribution >= 0.6 is 0 Å². The standard InChI is InChI=1S/C23H18N4O/c1-15-8-6-11-18(17-9-4-3-5-10-17)22(15)27-23(24-14-25-27)19-12-7-13-20-21(19)26-16(2)28-20/h3-14H,1-2H3. The minimum Gasteiger partial charge on any atom is -0.441 e. The molecule has 5 nitrogen and oxygen atoms in total. The average molecular weight is 366 g/mol. The molecular formula is C23H18N4O. The van der Waals surface area contributed by atoms with Crippen LogP contribution in [0.2, 0.25) is 0 Å². The van der Waals surface area contributed by atoms with Gasteiger partial charge in [-0.1, -0.05) is 54.6 Å². The molecule has 28 heavy (non-hydrogen) atoms. The van der Waals surface area contributed by atoms with Crippen molar-refractivity contribution in [1.82, 2.24) is 19.7 Å². The lowest BCUT2D eigenvalue weighted by Crippen LogP contribution is -2.04. The van der Waals surface area contributed by atoms with Crippen LogP contribution in [0.15, 0.2) is 77.5 Å². The fourth-order valence-corrected chi connectivity index (χ4v) is 3.62. The summed E-state index contributed by atoms with van der Waals surface area (Å²) in [5, 5.41) is 4.57. The summed E-state index contributed by atoms with van der Waals surface area (Å²) in [4.78, 5) is 9.13. The SMILES string of the molecule is Cc1nc2c(-c3ncnn3-c3c(C)cccc3-c3ccccc3)cccc2o1. The average Bonchev–Trinajstić information content (AvgIpc) is 3.34. The van der Waals surface area contributed by atoms with Gasteiger partial charge < -0.3 is 4.42 Å². The molecule has 2 heterocycles. The van der Waals surface area contributed by atoms with Gasteiger partial charge in [0.2, 0.25) is 0 Å². The van der Waals surface area contributed by atoms with Gasteiger partial charge in [-0.2, -0.15) is 5.10 Å². The maximum Gasteiger partial charge on any atom is 0.192 e.